The largest absolute Gasteiger partial charge is 0.382 e. The van der Waals surface area contributed by atoms with Crippen LogP contribution in [0.15, 0.2) is 16.6 Å². The number of halogens is 2. The van der Waals surface area contributed by atoms with Crippen molar-refractivity contribution in [3.8, 4) is 0 Å². The number of ether oxygens (including phenoxy) is 1. The number of rotatable bonds is 3. The number of hydrogen-bond acceptors (Lipinski definition) is 2. The Morgan fingerprint density at radius 1 is 1.53 bits per heavy atom. The molecule has 0 saturated carbocycles. The van der Waals surface area contributed by atoms with Crippen LogP contribution >= 0.6 is 15.9 Å². The van der Waals surface area contributed by atoms with E-state index in [9.17, 15) is 4.39 Å². The minimum atomic E-state index is -0.218. The molecule has 1 fully saturated rings. The van der Waals surface area contributed by atoms with Crippen LogP contribution in [0.25, 0.3) is 0 Å². The van der Waals surface area contributed by atoms with Crippen LogP contribution in [0.3, 0.4) is 0 Å². The fourth-order valence-electron chi connectivity index (χ4n) is 2.11. The van der Waals surface area contributed by atoms with E-state index in [1.807, 2.05) is 6.92 Å². The Morgan fingerprint density at radius 3 is 2.94 bits per heavy atom. The molecule has 0 radical (unpaired) electrons. The van der Waals surface area contributed by atoms with Gasteiger partial charge in [0.05, 0.1) is 11.1 Å². The van der Waals surface area contributed by atoms with E-state index in [1.54, 1.807) is 12.1 Å². The highest BCUT2D eigenvalue weighted by Gasteiger charge is 2.22. The summed E-state index contributed by atoms with van der Waals surface area (Å²) in [6.45, 7) is 5.73. The molecule has 1 heterocycles. The molecule has 0 spiro atoms. The number of hydrogen-bond donors (Lipinski definition) is 1. The van der Waals surface area contributed by atoms with Gasteiger partial charge in [-0.25, -0.2) is 4.39 Å². The molecule has 94 valence electrons. The quantitative estimate of drug-likeness (QED) is 0.918. The summed E-state index contributed by atoms with van der Waals surface area (Å²) >= 11 is 3.21. The molecule has 0 aromatic heterocycles. The average Bonchev–Trinajstić information content (AvgIpc) is 2.79. The van der Waals surface area contributed by atoms with Gasteiger partial charge in [-0.05, 0) is 53.9 Å². The van der Waals surface area contributed by atoms with Gasteiger partial charge in [-0.3, -0.25) is 0 Å². The van der Waals surface area contributed by atoms with Gasteiger partial charge in [-0.1, -0.05) is 0 Å². The Bertz CT molecular complexity index is 405. The second-order valence-corrected chi connectivity index (χ2v) is 5.49. The third-order valence-corrected chi connectivity index (χ3v) is 3.93. The first-order valence-electron chi connectivity index (χ1n) is 5.88. The van der Waals surface area contributed by atoms with E-state index in [1.165, 1.54) is 0 Å². The molecule has 1 saturated heterocycles. The van der Waals surface area contributed by atoms with E-state index in [2.05, 4.69) is 28.2 Å². The lowest BCUT2D eigenvalue weighted by molar-refractivity contribution is 0.183. The van der Waals surface area contributed by atoms with E-state index < -0.39 is 0 Å². The second-order valence-electron chi connectivity index (χ2n) is 4.64. The van der Waals surface area contributed by atoms with Gasteiger partial charge < -0.3 is 10.1 Å². The van der Waals surface area contributed by atoms with Gasteiger partial charge in [0.1, 0.15) is 5.82 Å². The van der Waals surface area contributed by atoms with E-state index in [0.717, 1.165) is 30.9 Å². The molecule has 0 bridgehead atoms. The van der Waals surface area contributed by atoms with Crippen molar-refractivity contribution >= 4 is 21.6 Å². The van der Waals surface area contributed by atoms with Crippen LogP contribution in [-0.2, 0) is 4.74 Å². The smallest absolute Gasteiger partial charge is 0.137 e. The molecule has 17 heavy (non-hydrogen) atoms. The third-order valence-electron chi connectivity index (χ3n) is 3.32. The molecule has 1 aliphatic heterocycles. The highest BCUT2D eigenvalue weighted by molar-refractivity contribution is 9.10. The monoisotopic (exact) mass is 301 g/mol. The molecule has 1 N–H and O–H groups in total. The van der Waals surface area contributed by atoms with Crippen LogP contribution in [-0.4, -0.2) is 19.3 Å². The Morgan fingerprint density at radius 2 is 2.29 bits per heavy atom. The minimum Gasteiger partial charge on any atom is -0.382 e. The predicted molar refractivity (Wildman–Crippen MR) is 70.8 cm³/mol. The lowest BCUT2D eigenvalue weighted by Crippen LogP contribution is -2.26. The summed E-state index contributed by atoms with van der Waals surface area (Å²) in [5.74, 6) is 0.322. The maximum Gasteiger partial charge on any atom is 0.137 e. The maximum atomic E-state index is 13.3. The first-order valence-corrected chi connectivity index (χ1v) is 6.67. The van der Waals surface area contributed by atoms with Crippen LogP contribution in [0.2, 0.25) is 0 Å². The lowest BCUT2D eigenvalue weighted by Gasteiger charge is -2.22. The van der Waals surface area contributed by atoms with E-state index in [0.29, 0.717) is 16.4 Å². The lowest BCUT2D eigenvalue weighted by atomic mass is 10.00. The predicted octanol–water partition coefficient (Wildman–Crippen LogP) is 3.73. The molecule has 2 unspecified atom stereocenters. The molecule has 0 amide bonds. The topological polar surface area (TPSA) is 21.3 Å². The van der Waals surface area contributed by atoms with Crippen molar-refractivity contribution in [1.29, 1.82) is 0 Å². The molecule has 2 nitrogen and oxygen atoms in total. The van der Waals surface area contributed by atoms with Crippen molar-refractivity contribution in [2.45, 2.75) is 26.3 Å². The first kappa shape index (κ1) is 12.8. The van der Waals surface area contributed by atoms with E-state index >= 15 is 0 Å². The molecule has 0 aliphatic carbocycles. The molecule has 1 aromatic carbocycles. The zero-order valence-electron chi connectivity index (χ0n) is 10.1. The Hall–Kier alpha value is -0.610. The Kier molecular flexibility index (Phi) is 4.05. The number of benzene rings is 1. The van der Waals surface area contributed by atoms with Gasteiger partial charge >= 0.3 is 0 Å². The standard InChI is InChI=1S/C13H17BrFNO/c1-8-5-12(15)11(14)6-13(8)16-9(2)10-3-4-17-7-10/h5-6,9-10,16H,3-4,7H2,1-2H3. The summed E-state index contributed by atoms with van der Waals surface area (Å²) in [5.41, 5.74) is 1.91. The fourth-order valence-corrected chi connectivity index (χ4v) is 2.46. The summed E-state index contributed by atoms with van der Waals surface area (Å²) in [5, 5.41) is 3.44. The third kappa shape index (κ3) is 2.99. The van der Waals surface area contributed by atoms with Gasteiger partial charge in [-0.15, -0.1) is 0 Å². The van der Waals surface area contributed by atoms with Crippen LogP contribution in [0.1, 0.15) is 18.9 Å². The zero-order chi connectivity index (χ0) is 12.4. The highest BCUT2D eigenvalue weighted by atomic mass is 79.9. The number of anilines is 1. The molecule has 2 atom stereocenters. The van der Waals surface area contributed by atoms with Crippen LogP contribution in [0.4, 0.5) is 10.1 Å². The summed E-state index contributed by atoms with van der Waals surface area (Å²) in [4.78, 5) is 0. The SMILES string of the molecule is Cc1cc(F)c(Br)cc1NC(C)C1CCOC1. The normalized spacial score (nSPS) is 21.5. The van der Waals surface area contributed by atoms with Crippen molar-refractivity contribution < 1.29 is 9.13 Å². The van der Waals surface area contributed by atoms with Crippen molar-refractivity contribution in [3.05, 3.63) is 28.0 Å². The Labute approximate surface area is 110 Å². The number of nitrogens with one attached hydrogen (secondary N) is 1. The fraction of sp³-hybridized carbons (Fsp3) is 0.538. The molecular formula is C13H17BrFNO. The number of aryl methyl sites for hydroxylation is 1. The summed E-state index contributed by atoms with van der Waals surface area (Å²) < 4.78 is 19.2. The van der Waals surface area contributed by atoms with E-state index in [-0.39, 0.29) is 5.82 Å². The van der Waals surface area contributed by atoms with Crippen LogP contribution in [0.5, 0.6) is 0 Å². The van der Waals surface area contributed by atoms with Gasteiger partial charge in [0.2, 0.25) is 0 Å². The van der Waals surface area contributed by atoms with Gasteiger partial charge in [0, 0.05) is 24.3 Å². The van der Waals surface area contributed by atoms with Crippen molar-refractivity contribution in [2.75, 3.05) is 18.5 Å². The zero-order valence-corrected chi connectivity index (χ0v) is 11.7. The minimum absolute atomic E-state index is 0.218. The van der Waals surface area contributed by atoms with E-state index in [4.69, 9.17) is 4.74 Å². The van der Waals surface area contributed by atoms with Gasteiger partial charge in [0.15, 0.2) is 0 Å². The molecule has 1 aliphatic rings. The Balaban J connectivity index is 2.09. The van der Waals surface area contributed by atoms with Crippen LogP contribution in [0, 0.1) is 18.7 Å². The van der Waals surface area contributed by atoms with Gasteiger partial charge in [-0.2, -0.15) is 0 Å². The maximum absolute atomic E-state index is 13.3. The van der Waals surface area contributed by atoms with Crippen molar-refractivity contribution in [3.63, 3.8) is 0 Å². The first-order chi connectivity index (χ1) is 8.08. The molecule has 4 heteroatoms. The molecular weight excluding hydrogens is 285 g/mol. The summed E-state index contributed by atoms with van der Waals surface area (Å²) in [7, 11) is 0. The molecule has 1 aromatic rings. The highest BCUT2D eigenvalue weighted by Crippen LogP contribution is 2.27. The van der Waals surface area contributed by atoms with Crippen molar-refractivity contribution in [1.82, 2.24) is 0 Å². The van der Waals surface area contributed by atoms with Crippen molar-refractivity contribution in [2.24, 2.45) is 5.92 Å². The summed E-state index contributed by atoms with van der Waals surface area (Å²) in [6, 6.07) is 3.69. The van der Waals surface area contributed by atoms with Gasteiger partial charge in [0.25, 0.3) is 0 Å². The summed E-state index contributed by atoms with van der Waals surface area (Å²) in [6.07, 6.45) is 1.09. The second kappa shape index (κ2) is 5.36. The average molecular weight is 302 g/mol. The molecule has 2 rings (SSSR count). The van der Waals surface area contributed by atoms with Crippen LogP contribution < -0.4 is 5.32 Å².